The van der Waals surface area contributed by atoms with Crippen molar-refractivity contribution in [1.82, 2.24) is 0 Å². The molecule has 2 aromatic carbocycles. The normalized spacial score (nSPS) is 15.0. The van der Waals surface area contributed by atoms with Gasteiger partial charge in [0.25, 0.3) is 0 Å². The van der Waals surface area contributed by atoms with Gasteiger partial charge in [0.15, 0.2) is 0 Å². The molecule has 1 amide bonds. The monoisotopic (exact) mass is 326 g/mol. The van der Waals surface area contributed by atoms with Crippen LogP contribution in [0.5, 0.6) is 0 Å². The maximum absolute atomic E-state index is 13.1. The van der Waals surface area contributed by atoms with Gasteiger partial charge in [0.1, 0.15) is 5.82 Å². The molecule has 3 nitrogen and oxygen atoms in total. The largest absolute Gasteiger partial charge is 0.372 e. The number of amides is 1. The number of hydrogen-bond acceptors (Lipinski definition) is 2. The third kappa shape index (κ3) is 3.14. The van der Waals surface area contributed by atoms with Gasteiger partial charge in [0.05, 0.1) is 5.41 Å². The highest BCUT2D eigenvalue weighted by Gasteiger charge is 2.51. The number of carbonyl (C=O) groups excluding carboxylic acids is 1. The molecule has 0 aromatic heterocycles. The van der Waals surface area contributed by atoms with Crippen molar-refractivity contribution >= 4 is 17.3 Å². The average molecular weight is 326 g/mol. The molecule has 0 unspecified atom stereocenters. The summed E-state index contributed by atoms with van der Waals surface area (Å²) in [7, 11) is 0. The van der Waals surface area contributed by atoms with Crippen molar-refractivity contribution in [2.24, 2.45) is 0 Å². The van der Waals surface area contributed by atoms with E-state index in [4.69, 9.17) is 0 Å². The number of halogens is 1. The van der Waals surface area contributed by atoms with Crippen LogP contribution >= 0.6 is 0 Å². The fraction of sp³-hybridized carbons (Fsp3) is 0.350. The summed E-state index contributed by atoms with van der Waals surface area (Å²) in [6, 6.07) is 14.2. The Morgan fingerprint density at radius 3 is 2.12 bits per heavy atom. The smallest absolute Gasteiger partial charge is 0.235 e. The number of nitrogens with one attached hydrogen (secondary N) is 1. The molecule has 24 heavy (non-hydrogen) atoms. The van der Waals surface area contributed by atoms with Gasteiger partial charge >= 0.3 is 0 Å². The fourth-order valence-corrected chi connectivity index (χ4v) is 3.14. The Bertz CT molecular complexity index is 701. The Morgan fingerprint density at radius 2 is 1.62 bits per heavy atom. The van der Waals surface area contributed by atoms with Crippen molar-refractivity contribution in [3.63, 3.8) is 0 Å². The van der Waals surface area contributed by atoms with E-state index in [0.717, 1.165) is 42.9 Å². The van der Waals surface area contributed by atoms with Crippen LogP contribution in [-0.4, -0.2) is 19.0 Å². The molecule has 0 saturated heterocycles. The van der Waals surface area contributed by atoms with Crippen molar-refractivity contribution in [3.05, 3.63) is 59.9 Å². The molecule has 2 aromatic rings. The van der Waals surface area contributed by atoms with Crippen LogP contribution in [-0.2, 0) is 10.2 Å². The molecule has 0 spiro atoms. The first-order chi connectivity index (χ1) is 11.6. The summed E-state index contributed by atoms with van der Waals surface area (Å²) in [6.45, 7) is 6.16. The maximum Gasteiger partial charge on any atom is 0.235 e. The second kappa shape index (κ2) is 6.63. The quantitative estimate of drug-likeness (QED) is 0.856. The van der Waals surface area contributed by atoms with Crippen molar-refractivity contribution in [2.45, 2.75) is 32.1 Å². The third-order valence-corrected chi connectivity index (χ3v) is 4.84. The lowest BCUT2D eigenvalue weighted by atomic mass is 9.95. The van der Waals surface area contributed by atoms with E-state index < -0.39 is 5.41 Å². The van der Waals surface area contributed by atoms with Crippen molar-refractivity contribution in [3.8, 4) is 0 Å². The SMILES string of the molecule is CCN(CC)c1ccc(NC(=O)C2(c3ccc(F)cc3)CC2)cc1. The number of carbonyl (C=O) groups is 1. The van der Waals surface area contributed by atoms with Crippen molar-refractivity contribution in [1.29, 1.82) is 0 Å². The Balaban J connectivity index is 1.72. The van der Waals surface area contributed by atoms with Crippen LogP contribution in [0.25, 0.3) is 0 Å². The molecule has 0 atom stereocenters. The number of nitrogens with zero attached hydrogens (tertiary/aromatic N) is 1. The Labute approximate surface area is 142 Å². The molecule has 0 aliphatic heterocycles. The van der Waals surface area contributed by atoms with Crippen LogP contribution in [0.15, 0.2) is 48.5 Å². The number of anilines is 2. The summed E-state index contributed by atoms with van der Waals surface area (Å²) in [6.07, 6.45) is 1.62. The molecule has 0 bridgehead atoms. The minimum absolute atomic E-state index is 0.00954. The molecule has 3 rings (SSSR count). The lowest BCUT2D eigenvalue weighted by Crippen LogP contribution is -2.28. The van der Waals surface area contributed by atoms with Crippen LogP contribution in [0.2, 0.25) is 0 Å². The van der Waals surface area contributed by atoms with Gasteiger partial charge in [0.2, 0.25) is 5.91 Å². The van der Waals surface area contributed by atoms with Gasteiger partial charge < -0.3 is 10.2 Å². The lowest BCUT2D eigenvalue weighted by molar-refractivity contribution is -0.118. The van der Waals surface area contributed by atoms with Gasteiger partial charge in [-0.05, 0) is 68.7 Å². The topological polar surface area (TPSA) is 32.3 Å². The first-order valence-electron chi connectivity index (χ1n) is 8.51. The van der Waals surface area contributed by atoms with E-state index in [0.29, 0.717) is 0 Å². The summed E-state index contributed by atoms with van der Waals surface area (Å²) < 4.78 is 13.1. The first-order valence-corrected chi connectivity index (χ1v) is 8.51. The molecule has 0 radical (unpaired) electrons. The van der Waals surface area contributed by atoms with Crippen LogP contribution < -0.4 is 10.2 Å². The second-order valence-corrected chi connectivity index (χ2v) is 6.26. The molecule has 1 N–H and O–H groups in total. The van der Waals surface area contributed by atoms with Gasteiger partial charge in [-0.1, -0.05) is 12.1 Å². The highest BCUT2D eigenvalue weighted by atomic mass is 19.1. The summed E-state index contributed by atoms with van der Waals surface area (Å²) in [4.78, 5) is 15.0. The molecule has 1 fully saturated rings. The lowest BCUT2D eigenvalue weighted by Gasteiger charge is -2.21. The fourth-order valence-electron chi connectivity index (χ4n) is 3.14. The molecule has 126 valence electrons. The Kier molecular flexibility index (Phi) is 4.56. The second-order valence-electron chi connectivity index (χ2n) is 6.26. The van der Waals surface area contributed by atoms with Crippen LogP contribution in [0.1, 0.15) is 32.3 Å². The summed E-state index contributed by atoms with van der Waals surface area (Å²) in [5, 5.41) is 3.01. The maximum atomic E-state index is 13.1. The highest BCUT2D eigenvalue weighted by molar-refractivity contribution is 6.01. The number of rotatable bonds is 6. The molecule has 0 heterocycles. The van der Waals surface area contributed by atoms with E-state index in [2.05, 4.69) is 24.1 Å². The molecular weight excluding hydrogens is 303 g/mol. The van der Waals surface area contributed by atoms with E-state index in [-0.39, 0.29) is 11.7 Å². The standard InChI is InChI=1S/C20H23FN2O/c1-3-23(4-2)18-11-9-17(10-12-18)22-19(24)20(13-14-20)15-5-7-16(21)8-6-15/h5-12H,3-4,13-14H2,1-2H3,(H,22,24). The molecule has 1 aliphatic carbocycles. The molecule has 1 aliphatic rings. The Morgan fingerprint density at radius 1 is 1.04 bits per heavy atom. The summed E-state index contributed by atoms with van der Waals surface area (Å²) in [5.41, 5.74) is 2.34. The zero-order chi connectivity index (χ0) is 17.2. The van der Waals surface area contributed by atoms with Gasteiger partial charge in [0, 0.05) is 24.5 Å². The van der Waals surface area contributed by atoms with E-state index >= 15 is 0 Å². The predicted octanol–water partition coefficient (Wildman–Crippen LogP) is 4.34. The third-order valence-electron chi connectivity index (χ3n) is 4.84. The zero-order valence-corrected chi connectivity index (χ0v) is 14.2. The molecule has 4 heteroatoms. The first kappa shape index (κ1) is 16.5. The van der Waals surface area contributed by atoms with E-state index in [1.165, 1.54) is 12.1 Å². The average Bonchev–Trinajstić information content (AvgIpc) is 3.40. The van der Waals surface area contributed by atoms with Crippen molar-refractivity contribution < 1.29 is 9.18 Å². The van der Waals surface area contributed by atoms with Gasteiger partial charge in [-0.15, -0.1) is 0 Å². The molecular formula is C20H23FN2O. The summed E-state index contributed by atoms with van der Waals surface area (Å²) in [5.74, 6) is -0.286. The zero-order valence-electron chi connectivity index (χ0n) is 14.2. The minimum Gasteiger partial charge on any atom is -0.372 e. The Hall–Kier alpha value is -2.36. The molecule has 1 saturated carbocycles. The minimum atomic E-state index is -0.495. The van der Waals surface area contributed by atoms with Crippen molar-refractivity contribution in [2.75, 3.05) is 23.3 Å². The van der Waals surface area contributed by atoms with Gasteiger partial charge in [-0.3, -0.25) is 4.79 Å². The number of hydrogen-bond donors (Lipinski definition) is 1. The van der Waals surface area contributed by atoms with Crippen LogP contribution in [0.3, 0.4) is 0 Å². The van der Waals surface area contributed by atoms with Gasteiger partial charge in [-0.2, -0.15) is 0 Å². The highest BCUT2D eigenvalue weighted by Crippen LogP contribution is 2.49. The van der Waals surface area contributed by atoms with E-state index in [9.17, 15) is 9.18 Å². The summed E-state index contributed by atoms with van der Waals surface area (Å²) >= 11 is 0. The van der Waals surface area contributed by atoms with E-state index in [1.807, 2.05) is 24.3 Å². The van der Waals surface area contributed by atoms with E-state index in [1.54, 1.807) is 12.1 Å². The van der Waals surface area contributed by atoms with Gasteiger partial charge in [-0.25, -0.2) is 4.39 Å². The van der Waals surface area contributed by atoms with Crippen LogP contribution in [0.4, 0.5) is 15.8 Å². The van der Waals surface area contributed by atoms with Crippen LogP contribution in [0, 0.1) is 5.82 Å². The number of benzene rings is 2. The predicted molar refractivity (Wildman–Crippen MR) is 95.9 cm³/mol.